The summed E-state index contributed by atoms with van der Waals surface area (Å²) in [6, 6.07) is 12.8. The first kappa shape index (κ1) is 22.1. The maximum absolute atomic E-state index is 11.4. The smallest absolute Gasteiger partial charge is 0.229 e. The lowest BCUT2D eigenvalue weighted by Gasteiger charge is -2.13. The van der Waals surface area contributed by atoms with Crippen molar-refractivity contribution in [1.29, 1.82) is 0 Å². The van der Waals surface area contributed by atoms with Crippen LogP contribution in [-0.4, -0.2) is 36.6 Å². The third-order valence-corrected chi connectivity index (χ3v) is 5.46. The van der Waals surface area contributed by atoms with E-state index in [4.69, 9.17) is 4.74 Å². The number of aromatic nitrogens is 2. The Balaban J connectivity index is 1.46. The number of rotatable bonds is 10. The summed E-state index contributed by atoms with van der Waals surface area (Å²) >= 11 is 0. The number of nitrogens with zero attached hydrogens (tertiary/aromatic N) is 1. The van der Waals surface area contributed by atoms with Crippen LogP contribution in [0.3, 0.4) is 0 Å². The predicted octanol–water partition coefficient (Wildman–Crippen LogP) is 4.34. The fraction of sp³-hybridized carbons (Fsp3) is 0.409. The maximum Gasteiger partial charge on any atom is 0.229 e. The molecule has 0 saturated heterocycles. The number of H-pyrrole nitrogens is 1. The van der Waals surface area contributed by atoms with Gasteiger partial charge in [0.25, 0.3) is 0 Å². The van der Waals surface area contributed by atoms with Gasteiger partial charge in [-0.1, -0.05) is 26.0 Å². The summed E-state index contributed by atoms with van der Waals surface area (Å²) in [4.78, 5) is 0. The number of fused-ring (bicyclic) bond motifs is 1. The first-order valence-corrected chi connectivity index (χ1v) is 12.0. The summed E-state index contributed by atoms with van der Waals surface area (Å²) in [7, 11) is -3.34. The third-order valence-electron chi connectivity index (χ3n) is 4.85. The van der Waals surface area contributed by atoms with Crippen molar-refractivity contribution in [2.75, 3.05) is 17.6 Å². The molecule has 0 saturated carbocycles. The van der Waals surface area contributed by atoms with Gasteiger partial charge < -0.3 is 9.84 Å². The second-order valence-electron chi connectivity index (χ2n) is 7.83. The van der Waals surface area contributed by atoms with Crippen LogP contribution in [0.2, 0.25) is 0 Å². The van der Waals surface area contributed by atoms with E-state index in [2.05, 4.69) is 28.8 Å². The molecule has 3 N–H and O–H groups in total. The largest absolute Gasteiger partial charge is 0.494 e. The van der Waals surface area contributed by atoms with E-state index in [0.717, 1.165) is 41.4 Å². The molecule has 0 unspecified atom stereocenters. The van der Waals surface area contributed by atoms with Crippen LogP contribution in [0.1, 0.15) is 56.4 Å². The van der Waals surface area contributed by atoms with Crippen molar-refractivity contribution in [3.63, 3.8) is 0 Å². The number of aliphatic hydroxyl groups excluding tert-OH is 1. The first-order valence-electron chi connectivity index (χ1n) is 10.1. The van der Waals surface area contributed by atoms with Gasteiger partial charge in [0.2, 0.25) is 10.0 Å². The van der Waals surface area contributed by atoms with Gasteiger partial charge in [-0.3, -0.25) is 9.82 Å². The molecule has 8 heteroatoms. The van der Waals surface area contributed by atoms with Gasteiger partial charge >= 0.3 is 0 Å². The number of aliphatic hydroxyl groups is 1. The standard InChI is InChI=1S/C22H29N3O4S/c1-15(2)22-19-11-10-18(14-20(19)23-24-22)29-12-5-4-9-21(26)16-7-6-8-17(13-16)25-30(3,27)28/h6-8,10-11,13-15,21,25-26H,4-5,9,12H2,1-3H3,(H,23,24)/t21-/m0/s1. The highest BCUT2D eigenvalue weighted by molar-refractivity contribution is 7.92. The lowest BCUT2D eigenvalue weighted by atomic mass is 10.0. The van der Waals surface area contributed by atoms with Gasteiger partial charge in [0.05, 0.1) is 24.5 Å². The lowest BCUT2D eigenvalue weighted by molar-refractivity contribution is 0.160. The van der Waals surface area contributed by atoms with Gasteiger partial charge in [-0.25, -0.2) is 8.42 Å². The molecule has 3 rings (SSSR count). The van der Waals surface area contributed by atoms with Crippen molar-refractivity contribution in [2.24, 2.45) is 0 Å². The number of sulfonamides is 1. The number of anilines is 1. The van der Waals surface area contributed by atoms with Crippen LogP contribution < -0.4 is 9.46 Å². The van der Waals surface area contributed by atoms with Crippen molar-refractivity contribution in [3.8, 4) is 5.75 Å². The molecule has 0 bridgehead atoms. The van der Waals surface area contributed by atoms with E-state index < -0.39 is 16.1 Å². The minimum absolute atomic E-state index is 0.385. The Labute approximate surface area is 177 Å². The molecular formula is C22H29N3O4S. The molecule has 0 aliphatic carbocycles. The number of ether oxygens (including phenoxy) is 1. The summed E-state index contributed by atoms with van der Waals surface area (Å²) in [5.74, 6) is 1.17. The number of unbranched alkanes of at least 4 members (excludes halogenated alkanes) is 1. The van der Waals surface area contributed by atoms with Gasteiger partial charge in [-0.2, -0.15) is 5.10 Å². The quantitative estimate of drug-likeness (QED) is 0.414. The zero-order chi connectivity index (χ0) is 21.7. The minimum Gasteiger partial charge on any atom is -0.494 e. The molecule has 0 radical (unpaired) electrons. The van der Waals surface area contributed by atoms with E-state index in [1.807, 2.05) is 18.2 Å². The lowest BCUT2D eigenvalue weighted by Crippen LogP contribution is -2.10. The average molecular weight is 432 g/mol. The summed E-state index contributed by atoms with van der Waals surface area (Å²) in [5, 5.41) is 19.0. The average Bonchev–Trinajstić information content (AvgIpc) is 3.10. The van der Waals surface area contributed by atoms with E-state index in [-0.39, 0.29) is 0 Å². The van der Waals surface area contributed by atoms with Gasteiger partial charge in [-0.15, -0.1) is 0 Å². The molecule has 3 aromatic rings. The molecule has 0 spiro atoms. The number of hydrogen-bond acceptors (Lipinski definition) is 5. The first-order chi connectivity index (χ1) is 14.2. The van der Waals surface area contributed by atoms with E-state index >= 15 is 0 Å². The second kappa shape index (κ2) is 9.49. The Morgan fingerprint density at radius 1 is 1.17 bits per heavy atom. The molecular weight excluding hydrogens is 402 g/mol. The number of benzene rings is 2. The zero-order valence-electron chi connectivity index (χ0n) is 17.6. The molecule has 0 amide bonds. The van der Waals surface area contributed by atoms with Gasteiger partial charge in [0.1, 0.15) is 5.75 Å². The number of hydrogen-bond donors (Lipinski definition) is 3. The highest BCUT2D eigenvalue weighted by Gasteiger charge is 2.11. The second-order valence-corrected chi connectivity index (χ2v) is 9.58. The van der Waals surface area contributed by atoms with E-state index in [0.29, 0.717) is 30.2 Å². The zero-order valence-corrected chi connectivity index (χ0v) is 18.4. The molecule has 0 fully saturated rings. The topological polar surface area (TPSA) is 104 Å². The summed E-state index contributed by atoms with van der Waals surface area (Å²) in [5.41, 5.74) is 3.16. The summed E-state index contributed by atoms with van der Waals surface area (Å²) in [6.45, 7) is 4.81. The highest BCUT2D eigenvalue weighted by Crippen LogP contribution is 2.26. The predicted molar refractivity (Wildman–Crippen MR) is 119 cm³/mol. The summed E-state index contributed by atoms with van der Waals surface area (Å²) < 4.78 is 31.0. The number of aromatic amines is 1. The van der Waals surface area contributed by atoms with E-state index in [1.165, 1.54) is 0 Å². The molecule has 1 atom stereocenters. The Morgan fingerprint density at radius 3 is 2.70 bits per heavy atom. The fourth-order valence-electron chi connectivity index (χ4n) is 3.36. The van der Waals surface area contributed by atoms with Crippen LogP contribution in [0.5, 0.6) is 5.75 Å². The van der Waals surface area contributed by atoms with Crippen LogP contribution in [0.25, 0.3) is 10.9 Å². The molecule has 30 heavy (non-hydrogen) atoms. The van der Waals surface area contributed by atoms with Gasteiger partial charge in [0.15, 0.2) is 0 Å². The Bertz CT molecular complexity index is 1090. The normalized spacial score (nSPS) is 13.0. The van der Waals surface area contributed by atoms with Crippen molar-refractivity contribution in [2.45, 2.75) is 45.1 Å². The summed E-state index contributed by atoms with van der Waals surface area (Å²) in [6.07, 6.45) is 2.60. The van der Waals surface area contributed by atoms with Gasteiger partial charge in [0, 0.05) is 22.8 Å². The Hall–Kier alpha value is -2.58. The van der Waals surface area contributed by atoms with Crippen LogP contribution in [0.15, 0.2) is 42.5 Å². The van der Waals surface area contributed by atoms with E-state index in [9.17, 15) is 13.5 Å². The van der Waals surface area contributed by atoms with Crippen LogP contribution in [0, 0.1) is 0 Å². The monoisotopic (exact) mass is 431 g/mol. The van der Waals surface area contributed by atoms with Crippen molar-refractivity contribution >= 4 is 26.6 Å². The SMILES string of the molecule is CC(C)c1[nH]nc2cc(OCCCC[C@H](O)c3cccc(NS(C)(=O)=O)c3)ccc12. The van der Waals surface area contributed by atoms with Crippen molar-refractivity contribution in [3.05, 3.63) is 53.7 Å². The highest BCUT2D eigenvalue weighted by atomic mass is 32.2. The molecule has 2 aromatic carbocycles. The molecule has 1 aromatic heterocycles. The van der Waals surface area contributed by atoms with Crippen molar-refractivity contribution < 1.29 is 18.3 Å². The third kappa shape index (κ3) is 5.96. The molecule has 0 aliphatic rings. The van der Waals surface area contributed by atoms with Crippen LogP contribution in [-0.2, 0) is 10.0 Å². The Kier molecular flexibility index (Phi) is 6.99. The minimum atomic E-state index is -3.34. The molecule has 162 valence electrons. The Morgan fingerprint density at radius 2 is 1.97 bits per heavy atom. The molecule has 1 heterocycles. The van der Waals surface area contributed by atoms with Crippen LogP contribution >= 0.6 is 0 Å². The van der Waals surface area contributed by atoms with E-state index in [1.54, 1.807) is 24.3 Å². The van der Waals surface area contributed by atoms with Crippen molar-refractivity contribution in [1.82, 2.24) is 10.2 Å². The maximum atomic E-state index is 11.4. The molecule has 7 nitrogen and oxygen atoms in total. The van der Waals surface area contributed by atoms with Gasteiger partial charge in [-0.05, 0) is 55.0 Å². The molecule has 0 aliphatic heterocycles. The fourth-order valence-corrected chi connectivity index (χ4v) is 3.92. The number of nitrogens with one attached hydrogen (secondary N) is 2. The van der Waals surface area contributed by atoms with Crippen LogP contribution in [0.4, 0.5) is 5.69 Å².